The molecule has 21 heavy (non-hydrogen) atoms. The predicted octanol–water partition coefficient (Wildman–Crippen LogP) is 1.63. The van der Waals surface area contributed by atoms with E-state index in [9.17, 15) is 9.59 Å². The summed E-state index contributed by atoms with van der Waals surface area (Å²) in [5.41, 5.74) is 6.34. The van der Waals surface area contributed by atoms with Crippen LogP contribution in [0, 0.1) is 0 Å². The fourth-order valence-electron chi connectivity index (χ4n) is 2.78. The molecule has 1 aliphatic rings. The molecule has 2 amide bonds. The van der Waals surface area contributed by atoms with Crippen molar-refractivity contribution >= 4 is 11.8 Å². The fourth-order valence-corrected chi connectivity index (χ4v) is 2.78. The Morgan fingerprint density at radius 1 is 1.38 bits per heavy atom. The van der Waals surface area contributed by atoms with Crippen LogP contribution in [0.5, 0.6) is 0 Å². The van der Waals surface area contributed by atoms with Crippen molar-refractivity contribution in [3.8, 4) is 0 Å². The Kier molecular flexibility index (Phi) is 5.33. The summed E-state index contributed by atoms with van der Waals surface area (Å²) in [7, 11) is 0. The zero-order chi connectivity index (χ0) is 15.2. The number of hydrogen-bond donors (Lipinski definition) is 1. The van der Waals surface area contributed by atoms with Crippen LogP contribution in [-0.2, 0) is 14.3 Å². The number of carbonyl (C=O) groups is 2. The minimum atomic E-state index is -0.462. The molecule has 2 atom stereocenters. The first-order valence-electron chi connectivity index (χ1n) is 7.38. The van der Waals surface area contributed by atoms with E-state index in [2.05, 4.69) is 0 Å². The summed E-state index contributed by atoms with van der Waals surface area (Å²) in [6.45, 7) is 3.04. The highest BCUT2D eigenvalue weighted by Gasteiger charge is 2.33. The van der Waals surface area contributed by atoms with Crippen LogP contribution in [0.3, 0.4) is 0 Å². The molecule has 0 aromatic heterocycles. The number of primary amides is 1. The predicted molar refractivity (Wildman–Crippen MR) is 79.4 cm³/mol. The molecule has 2 unspecified atom stereocenters. The second-order valence-electron chi connectivity index (χ2n) is 5.21. The van der Waals surface area contributed by atoms with E-state index in [1.54, 1.807) is 4.90 Å². The van der Waals surface area contributed by atoms with Crippen molar-refractivity contribution in [1.29, 1.82) is 0 Å². The van der Waals surface area contributed by atoms with Crippen molar-refractivity contribution in [2.45, 2.75) is 38.3 Å². The quantitative estimate of drug-likeness (QED) is 0.865. The highest BCUT2D eigenvalue weighted by atomic mass is 16.5. The molecule has 1 aliphatic heterocycles. The molecule has 1 aromatic carbocycles. The summed E-state index contributed by atoms with van der Waals surface area (Å²) in [5, 5.41) is 0. The molecule has 0 saturated carbocycles. The number of ether oxygens (including phenoxy) is 1. The van der Waals surface area contributed by atoms with Crippen LogP contribution < -0.4 is 5.73 Å². The number of likely N-dealkylation sites (tertiary alicyclic amines) is 1. The lowest BCUT2D eigenvalue weighted by Gasteiger charge is -2.25. The zero-order valence-electron chi connectivity index (χ0n) is 12.3. The number of carbonyl (C=O) groups excluding carboxylic acids is 2. The van der Waals surface area contributed by atoms with Crippen LogP contribution in [0.2, 0.25) is 0 Å². The van der Waals surface area contributed by atoms with Crippen molar-refractivity contribution in [1.82, 2.24) is 4.90 Å². The van der Waals surface area contributed by atoms with E-state index in [0.717, 1.165) is 12.0 Å². The van der Waals surface area contributed by atoms with E-state index in [1.165, 1.54) is 0 Å². The molecule has 1 heterocycles. The Bertz CT molecular complexity index is 490. The summed E-state index contributed by atoms with van der Waals surface area (Å²) >= 11 is 0. The number of nitrogens with zero attached hydrogens (tertiary/aromatic N) is 1. The van der Waals surface area contributed by atoms with Crippen LogP contribution in [0.1, 0.15) is 37.9 Å². The average Bonchev–Trinajstić information content (AvgIpc) is 2.97. The van der Waals surface area contributed by atoms with E-state index in [0.29, 0.717) is 19.6 Å². The van der Waals surface area contributed by atoms with Gasteiger partial charge in [0.15, 0.2) is 0 Å². The second-order valence-corrected chi connectivity index (χ2v) is 5.21. The molecule has 0 radical (unpaired) electrons. The number of nitrogens with two attached hydrogens (primary N) is 1. The van der Waals surface area contributed by atoms with Crippen molar-refractivity contribution in [3.05, 3.63) is 35.9 Å². The Balaban J connectivity index is 2.06. The third kappa shape index (κ3) is 3.82. The van der Waals surface area contributed by atoms with Gasteiger partial charge >= 0.3 is 0 Å². The fraction of sp³-hybridized carbons (Fsp3) is 0.500. The maximum Gasteiger partial charge on any atom is 0.240 e. The summed E-state index contributed by atoms with van der Waals surface area (Å²) in [5.74, 6) is -0.493. The van der Waals surface area contributed by atoms with Gasteiger partial charge in [-0.1, -0.05) is 30.3 Å². The summed E-state index contributed by atoms with van der Waals surface area (Å²) in [6, 6.07) is 9.21. The summed E-state index contributed by atoms with van der Waals surface area (Å²) in [6.07, 6.45) is 1.44. The van der Waals surface area contributed by atoms with Gasteiger partial charge in [-0.15, -0.1) is 0 Å². The third-order valence-electron chi connectivity index (χ3n) is 3.80. The van der Waals surface area contributed by atoms with Crippen molar-refractivity contribution < 1.29 is 14.3 Å². The summed E-state index contributed by atoms with van der Waals surface area (Å²) < 4.78 is 5.69. The third-order valence-corrected chi connectivity index (χ3v) is 3.80. The van der Waals surface area contributed by atoms with E-state index in [1.807, 2.05) is 37.3 Å². The monoisotopic (exact) mass is 290 g/mol. The number of amides is 2. The number of benzene rings is 1. The minimum absolute atomic E-state index is 0.0707. The highest BCUT2D eigenvalue weighted by molar-refractivity contribution is 5.87. The molecule has 2 N–H and O–H groups in total. The van der Waals surface area contributed by atoms with Crippen molar-refractivity contribution in [2.75, 3.05) is 13.2 Å². The van der Waals surface area contributed by atoms with Gasteiger partial charge in [0.25, 0.3) is 0 Å². The molecule has 0 aliphatic carbocycles. The SMILES string of the molecule is CCOC(CC(=O)N1CCCC1C(N)=O)c1ccccc1. The van der Waals surface area contributed by atoms with Gasteiger partial charge in [0.1, 0.15) is 6.04 Å². The first-order valence-corrected chi connectivity index (χ1v) is 7.38. The largest absolute Gasteiger partial charge is 0.373 e. The van der Waals surface area contributed by atoms with Gasteiger partial charge in [-0.2, -0.15) is 0 Å². The first kappa shape index (κ1) is 15.5. The molecule has 0 bridgehead atoms. The van der Waals surface area contributed by atoms with E-state index >= 15 is 0 Å². The van der Waals surface area contributed by atoms with Gasteiger partial charge in [-0.05, 0) is 25.3 Å². The van der Waals surface area contributed by atoms with Gasteiger partial charge in [-0.25, -0.2) is 0 Å². The molecular formula is C16H22N2O3. The molecule has 2 rings (SSSR count). The molecule has 1 saturated heterocycles. The Hall–Kier alpha value is -1.88. The topological polar surface area (TPSA) is 72.6 Å². The molecule has 5 nitrogen and oxygen atoms in total. The van der Waals surface area contributed by atoms with E-state index in [4.69, 9.17) is 10.5 Å². The lowest BCUT2D eigenvalue weighted by atomic mass is 10.1. The first-order chi connectivity index (χ1) is 10.1. The maximum absolute atomic E-state index is 12.5. The number of hydrogen-bond acceptors (Lipinski definition) is 3. The molecule has 0 spiro atoms. The van der Waals surface area contributed by atoms with Crippen LogP contribution >= 0.6 is 0 Å². The Morgan fingerprint density at radius 2 is 2.10 bits per heavy atom. The van der Waals surface area contributed by atoms with Crippen molar-refractivity contribution in [3.63, 3.8) is 0 Å². The van der Waals surface area contributed by atoms with Gasteiger partial charge in [-0.3, -0.25) is 9.59 Å². The second kappa shape index (κ2) is 7.22. The van der Waals surface area contributed by atoms with Crippen LogP contribution in [0.15, 0.2) is 30.3 Å². The molecule has 114 valence electrons. The Labute approximate surface area is 125 Å². The lowest BCUT2D eigenvalue weighted by Crippen LogP contribution is -2.44. The molecule has 5 heteroatoms. The molecule has 1 fully saturated rings. The van der Waals surface area contributed by atoms with Crippen LogP contribution in [-0.4, -0.2) is 35.9 Å². The summed E-state index contributed by atoms with van der Waals surface area (Å²) in [4.78, 5) is 25.4. The van der Waals surface area contributed by atoms with Gasteiger partial charge in [0.05, 0.1) is 12.5 Å². The van der Waals surface area contributed by atoms with Gasteiger partial charge in [0.2, 0.25) is 11.8 Å². The van der Waals surface area contributed by atoms with Crippen LogP contribution in [0.4, 0.5) is 0 Å². The molecule has 1 aromatic rings. The van der Waals surface area contributed by atoms with Gasteiger partial charge in [0, 0.05) is 13.2 Å². The van der Waals surface area contributed by atoms with Gasteiger partial charge < -0.3 is 15.4 Å². The average molecular weight is 290 g/mol. The van der Waals surface area contributed by atoms with E-state index in [-0.39, 0.29) is 18.4 Å². The number of rotatable bonds is 6. The minimum Gasteiger partial charge on any atom is -0.373 e. The smallest absolute Gasteiger partial charge is 0.240 e. The zero-order valence-corrected chi connectivity index (χ0v) is 12.3. The van der Waals surface area contributed by atoms with E-state index < -0.39 is 11.9 Å². The Morgan fingerprint density at radius 3 is 2.71 bits per heavy atom. The van der Waals surface area contributed by atoms with Crippen molar-refractivity contribution in [2.24, 2.45) is 5.73 Å². The maximum atomic E-state index is 12.5. The molecular weight excluding hydrogens is 268 g/mol. The highest BCUT2D eigenvalue weighted by Crippen LogP contribution is 2.25. The normalized spacial score (nSPS) is 19.5. The standard InChI is InChI=1S/C16H22N2O3/c1-2-21-14(12-7-4-3-5-8-12)11-15(19)18-10-6-9-13(18)16(17)20/h3-5,7-8,13-14H,2,6,9-11H2,1H3,(H2,17,20). The lowest BCUT2D eigenvalue weighted by molar-refractivity contribution is -0.139. The van der Waals surface area contributed by atoms with Crippen LogP contribution in [0.25, 0.3) is 0 Å².